The first-order chi connectivity index (χ1) is 19.3. The molecule has 8 rings (SSSR count). The first kappa shape index (κ1) is 22.1. The molecular weight excluding hydrogens is 472 g/mol. The molecule has 1 aromatic heterocycles. The normalized spacial score (nSPS) is 12.8. The molecule has 0 N–H and O–H groups in total. The number of nitrogens with zero attached hydrogens (tertiary/aromatic N) is 2. The van der Waals surface area contributed by atoms with Crippen molar-refractivity contribution in [2.45, 2.75) is 12.8 Å². The van der Waals surface area contributed by atoms with Crippen molar-refractivity contribution in [3.8, 4) is 28.2 Å². The average Bonchev–Trinajstić information content (AvgIpc) is 3.40. The second-order valence-electron chi connectivity index (χ2n) is 10.3. The molecule has 1 heterocycles. The molecule has 1 aliphatic carbocycles. The second kappa shape index (κ2) is 8.82. The number of fused-ring (bicyclic) bond motifs is 5. The van der Waals surface area contributed by atoms with Gasteiger partial charge < -0.3 is 0 Å². The fourth-order valence-corrected chi connectivity index (χ4v) is 6.12. The van der Waals surface area contributed by atoms with Gasteiger partial charge >= 0.3 is 0 Å². The van der Waals surface area contributed by atoms with E-state index in [-0.39, 0.29) is 0 Å². The van der Waals surface area contributed by atoms with Crippen LogP contribution in [0.3, 0.4) is 0 Å². The van der Waals surface area contributed by atoms with Gasteiger partial charge in [-0.2, -0.15) is 0 Å². The fraction of sp³-hybridized carbons (Fsp3) is 0.0541. The maximum absolute atomic E-state index is 5.09. The van der Waals surface area contributed by atoms with Crippen molar-refractivity contribution in [2.75, 3.05) is 0 Å². The van der Waals surface area contributed by atoms with Crippen LogP contribution in [0.15, 0.2) is 127 Å². The van der Waals surface area contributed by atoms with Crippen LogP contribution in [0.4, 0.5) is 0 Å². The van der Waals surface area contributed by atoms with E-state index in [2.05, 4.69) is 138 Å². The van der Waals surface area contributed by atoms with Gasteiger partial charge in [0.05, 0.1) is 11.4 Å². The van der Waals surface area contributed by atoms with Crippen LogP contribution >= 0.6 is 0 Å². The van der Waals surface area contributed by atoms with E-state index in [1.165, 1.54) is 54.8 Å². The smallest absolute Gasteiger partial charge is 0.145 e. The van der Waals surface area contributed by atoms with Gasteiger partial charge in [-0.3, -0.25) is 4.57 Å². The largest absolute Gasteiger partial charge is 0.293 e. The molecule has 0 saturated carbocycles. The molecule has 0 amide bonds. The lowest BCUT2D eigenvalue weighted by Gasteiger charge is -2.15. The van der Waals surface area contributed by atoms with Gasteiger partial charge in [0.1, 0.15) is 5.82 Å². The number of benzene rings is 6. The van der Waals surface area contributed by atoms with Gasteiger partial charge in [0.15, 0.2) is 0 Å². The average molecular weight is 499 g/mol. The van der Waals surface area contributed by atoms with Crippen LogP contribution in [0.25, 0.3) is 66.6 Å². The highest BCUT2D eigenvalue weighted by Gasteiger charge is 2.20. The third-order valence-electron chi connectivity index (χ3n) is 8.01. The van der Waals surface area contributed by atoms with Crippen LogP contribution in [-0.4, -0.2) is 9.55 Å². The Morgan fingerprint density at radius 2 is 1.28 bits per heavy atom. The molecule has 0 saturated heterocycles. The molecule has 0 fully saturated rings. The topological polar surface area (TPSA) is 17.8 Å². The summed E-state index contributed by atoms with van der Waals surface area (Å²) in [5.74, 6) is 1.00. The van der Waals surface area contributed by atoms with E-state index in [4.69, 9.17) is 4.98 Å². The summed E-state index contributed by atoms with van der Waals surface area (Å²) in [4.78, 5) is 5.09. The van der Waals surface area contributed by atoms with Crippen LogP contribution < -0.4 is 0 Å². The lowest BCUT2D eigenvalue weighted by molar-refractivity contribution is 0.936. The molecular formula is C37H26N2. The zero-order valence-corrected chi connectivity index (χ0v) is 21.5. The van der Waals surface area contributed by atoms with Crippen LogP contribution in [0.1, 0.15) is 17.8 Å². The van der Waals surface area contributed by atoms with Crippen molar-refractivity contribution in [1.82, 2.24) is 9.55 Å². The van der Waals surface area contributed by atoms with Crippen molar-refractivity contribution >= 4 is 38.4 Å². The summed E-state index contributed by atoms with van der Waals surface area (Å²) in [6.45, 7) is 0. The summed E-state index contributed by atoms with van der Waals surface area (Å²) in [6, 6.07) is 43.9. The molecule has 6 aromatic carbocycles. The number of imidazole rings is 1. The summed E-state index contributed by atoms with van der Waals surface area (Å²) in [6.07, 6.45) is 6.51. The van der Waals surface area contributed by atoms with Crippen LogP contribution in [0.5, 0.6) is 0 Å². The predicted octanol–water partition coefficient (Wildman–Crippen LogP) is 9.63. The molecule has 2 heteroatoms. The van der Waals surface area contributed by atoms with Gasteiger partial charge in [0.2, 0.25) is 0 Å². The van der Waals surface area contributed by atoms with Crippen LogP contribution in [-0.2, 0) is 6.42 Å². The lowest BCUT2D eigenvalue weighted by Crippen LogP contribution is -2.02. The maximum Gasteiger partial charge on any atom is 0.145 e. The van der Waals surface area contributed by atoms with E-state index in [0.717, 1.165) is 29.9 Å². The molecule has 0 radical (unpaired) electrons. The second-order valence-corrected chi connectivity index (χ2v) is 10.3. The van der Waals surface area contributed by atoms with E-state index in [1.54, 1.807) is 0 Å². The van der Waals surface area contributed by atoms with Gasteiger partial charge in [-0.25, -0.2) is 4.98 Å². The highest BCUT2D eigenvalue weighted by Crippen LogP contribution is 2.38. The Labute approximate surface area is 227 Å². The molecule has 184 valence electrons. The molecule has 2 nitrogen and oxygen atoms in total. The van der Waals surface area contributed by atoms with Crippen molar-refractivity contribution in [2.24, 2.45) is 0 Å². The minimum atomic E-state index is 0.981. The Bertz CT molecular complexity index is 2040. The monoisotopic (exact) mass is 498 g/mol. The minimum absolute atomic E-state index is 0.981. The van der Waals surface area contributed by atoms with Gasteiger partial charge in [0, 0.05) is 11.3 Å². The summed E-state index contributed by atoms with van der Waals surface area (Å²) >= 11 is 0. The van der Waals surface area contributed by atoms with E-state index in [0.29, 0.717) is 0 Å². The lowest BCUT2D eigenvalue weighted by atomic mass is 9.92. The van der Waals surface area contributed by atoms with Crippen molar-refractivity contribution in [3.63, 3.8) is 0 Å². The standard InChI is InChI=1S/C37H26N2/c1-2-10-26(11-3-1)37-38-35-16-8-9-17-36(35)39(37)30-20-18-25(19-21-30)33-24-29-22-27-12-4-5-13-28(27)23-34(29)32-15-7-6-14-31(32)33/h1-7,9-15,17-24H,8,16H2. The summed E-state index contributed by atoms with van der Waals surface area (Å²) in [7, 11) is 0. The maximum atomic E-state index is 5.09. The van der Waals surface area contributed by atoms with E-state index < -0.39 is 0 Å². The molecule has 1 aliphatic rings. The number of hydrogen-bond donors (Lipinski definition) is 0. The Hall–Kier alpha value is -4.95. The quantitative estimate of drug-likeness (QED) is 0.175. The molecule has 0 spiro atoms. The predicted molar refractivity (Wildman–Crippen MR) is 164 cm³/mol. The first-order valence-electron chi connectivity index (χ1n) is 13.6. The van der Waals surface area contributed by atoms with Crippen LogP contribution in [0, 0.1) is 0 Å². The van der Waals surface area contributed by atoms with E-state index in [1.807, 2.05) is 0 Å². The van der Waals surface area contributed by atoms with Gasteiger partial charge in [0.25, 0.3) is 0 Å². The number of allylic oxidation sites excluding steroid dienone is 1. The highest BCUT2D eigenvalue weighted by atomic mass is 15.1. The molecule has 39 heavy (non-hydrogen) atoms. The molecule has 7 aromatic rings. The summed E-state index contributed by atoms with van der Waals surface area (Å²) in [5.41, 5.74) is 7.11. The van der Waals surface area contributed by atoms with E-state index >= 15 is 0 Å². The first-order valence-corrected chi connectivity index (χ1v) is 13.6. The SMILES string of the molecule is C1=Cc2c(nc(-c3ccccc3)n2-c2ccc(-c3cc4cc5ccccc5cc4c4ccccc34)cc2)CC1. The third-order valence-corrected chi connectivity index (χ3v) is 8.01. The van der Waals surface area contributed by atoms with Gasteiger partial charge in [-0.15, -0.1) is 0 Å². The third kappa shape index (κ3) is 3.60. The summed E-state index contributed by atoms with van der Waals surface area (Å²) < 4.78 is 2.31. The van der Waals surface area contributed by atoms with Gasteiger partial charge in [-0.1, -0.05) is 97.1 Å². The van der Waals surface area contributed by atoms with Crippen molar-refractivity contribution in [3.05, 3.63) is 139 Å². The molecule has 0 bridgehead atoms. The molecule has 0 unspecified atom stereocenters. The fourth-order valence-electron chi connectivity index (χ4n) is 6.12. The number of aryl methyl sites for hydroxylation is 1. The Kier molecular flexibility index (Phi) is 4.99. The van der Waals surface area contributed by atoms with Crippen LogP contribution in [0.2, 0.25) is 0 Å². The zero-order chi connectivity index (χ0) is 25.8. The highest BCUT2D eigenvalue weighted by molar-refractivity contribution is 6.16. The molecule has 0 aliphatic heterocycles. The Balaban J connectivity index is 1.30. The summed E-state index contributed by atoms with van der Waals surface area (Å²) in [5, 5.41) is 7.69. The van der Waals surface area contributed by atoms with E-state index in [9.17, 15) is 0 Å². The Morgan fingerprint density at radius 1 is 0.564 bits per heavy atom. The van der Waals surface area contributed by atoms with Crippen molar-refractivity contribution < 1.29 is 0 Å². The Morgan fingerprint density at radius 3 is 2.10 bits per heavy atom. The zero-order valence-electron chi connectivity index (χ0n) is 21.5. The number of hydrogen-bond acceptors (Lipinski definition) is 1. The number of rotatable bonds is 3. The number of aromatic nitrogens is 2. The van der Waals surface area contributed by atoms with Gasteiger partial charge in [-0.05, 0) is 92.7 Å². The minimum Gasteiger partial charge on any atom is -0.293 e. The molecule has 0 atom stereocenters. The van der Waals surface area contributed by atoms with Crippen molar-refractivity contribution in [1.29, 1.82) is 0 Å².